The van der Waals surface area contributed by atoms with Gasteiger partial charge in [-0.25, -0.2) is 0 Å². The number of nitrogens with zero attached hydrogens (tertiary/aromatic N) is 1. The van der Waals surface area contributed by atoms with Crippen LogP contribution in [0.3, 0.4) is 0 Å². The van der Waals surface area contributed by atoms with Crippen molar-refractivity contribution < 1.29 is 9.47 Å². The van der Waals surface area contributed by atoms with Crippen molar-refractivity contribution >= 4 is 5.69 Å². The Balaban J connectivity index is 1.82. The number of hydrogen-bond donors (Lipinski definition) is 1. The Bertz CT molecular complexity index is 344. The molecule has 1 aliphatic rings. The third-order valence-corrected chi connectivity index (χ3v) is 2.64. The zero-order chi connectivity index (χ0) is 11.4. The van der Waals surface area contributed by atoms with Crippen LogP contribution in [-0.2, 0) is 4.74 Å². The Morgan fingerprint density at radius 3 is 3.19 bits per heavy atom. The van der Waals surface area contributed by atoms with Gasteiger partial charge in [-0.3, -0.25) is 0 Å². The second kappa shape index (κ2) is 5.18. The molecule has 0 radical (unpaired) electrons. The predicted molar refractivity (Wildman–Crippen MR) is 63.6 cm³/mol. The number of morpholine rings is 1. The maximum absolute atomic E-state index is 5.67. The molecule has 4 nitrogen and oxygen atoms in total. The molecule has 0 aliphatic carbocycles. The van der Waals surface area contributed by atoms with Gasteiger partial charge in [0.15, 0.2) is 0 Å². The van der Waals surface area contributed by atoms with Crippen LogP contribution in [0.5, 0.6) is 5.75 Å². The molecule has 16 heavy (non-hydrogen) atoms. The molecule has 1 heterocycles. The van der Waals surface area contributed by atoms with Gasteiger partial charge in [0.05, 0.1) is 6.61 Å². The first-order valence-electron chi connectivity index (χ1n) is 5.52. The molecule has 1 atom stereocenters. The minimum atomic E-state index is 0.153. The molecule has 1 unspecified atom stereocenters. The lowest BCUT2D eigenvalue weighted by Crippen LogP contribution is -2.42. The molecule has 1 fully saturated rings. The van der Waals surface area contributed by atoms with Gasteiger partial charge in [-0.2, -0.15) is 0 Å². The van der Waals surface area contributed by atoms with Crippen molar-refractivity contribution in [1.82, 2.24) is 4.90 Å². The Kier molecular flexibility index (Phi) is 3.64. The first-order valence-corrected chi connectivity index (χ1v) is 5.52. The molecule has 1 aromatic rings. The molecule has 0 bridgehead atoms. The molecule has 1 aromatic carbocycles. The molecule has 0 saturated carbocycles. The zero-order valence-corrected chi connectivity index (χ0v) is 9.56. The Labute approximate surface area is 95.9 Å². The molecule has 88 valence electrons. The lowest BCUT2D eigenvalue weighted by Gasteiger charge is -2.29. The van der Waals surface area contributed by atoms with E-state index in [9.17, 15) is 0 Å². The quantitative estimate of drug-likeness (QED) is 0.774. The van der Waals surface area contributed by atoms with E-state index in [0.29, 0.717) is 6.61 Å². The Hall–Kier alpha value is -1.26. The summed E-state index contributed by atoms with van der Waals surface area (Å²) in [5.41, 5.74) is 6.39. The van der Waals surface area contributed by atoms with E-state index in [2.05, 4.69) is 11.9 Å². The summed E-state index contributed by atoms with van der Waals surface area (Å²) in [6.45, 7) is 3.27. The van der Waals surface area contributed by atoms with Crippen molar-refractivity contribution in [2.24, 2.45) is 0 Å². The highest BCUT2D eigenvalue weighted by molar-refractivity contribution is 5.43. The minimum absolute atomic E-state index is 0.153. The van der Waals surface area contributed by atoms with Crippen LogP contribution in [0.4, 0.5) is 5.69 Å². The van der Waals surface area contributed by atoms with E-state index in [4.69, 9.17) is 15.2 Å². The molecular weight excluding hydrogens is 204 g/mol. The first-order chi connectivity index (χ1) is 7.74. The van der Waals surface area contributed by atoms with Crippen LogP contribution in [0.15, 0.2) is 24.3 Å². The van der Waals surface area contributed by atoms with Crippen LogP contribution in [0, 0.1) is 0 Å². The van der Waals surface area contributed by atoms with E-state index in [0.717, 1.165) is 31.1 Å². The average Bonchev–Trinajstić information content (AvgIpc) is 2.27. The number of ether oxygens (including phenoxy) is 2. The second-order valence-electron chi connectivity index (χ2n) is 4.14. The van der Waals surface area contributed by atoms with Crippen LogP contribution in [0.1, 0.15) is 0 Å². The summed E-state index contributed by atoms with van der Waals surface area (Å²) in [6, 6.07) is 7.46. The number of nitrogens with two attached hydrogens (primary N) is 1. The Morgan fingerprint density at radius 1 is 1.56 bits per heavy atom. The number of anilines is 1. The van der Waals surface area contributed by atoms with Crippen molar-refractivity contribution in [3.63, 3.8) is 0 Å². The maximum atomic E-state index is 5.67. The van der Waals surface area contributed by atoms with Gasteiger partial charge >= 0.3 is 0 Å². The molecule has 0 spiro atoms. The number of rotatable bonds is 3. The van der Waals surface area contributed by atoms with Crippen LogP contribution in [0.2, 0.25) is 0 Å². The zero-order valence-electron chi connectivity index (χ0n) is 9.56. The van der Waals surface area contributed by atoms with E-state index in [1.807, 2.05) is 24.3 Å². The van der Waals surface area contributed by atoms with Gasteiger partial charge in [-0.05, 0) is 19.2 Å². The number of nitrogen functional groups attached to an aromatic ring is 1. The summed E-state index contributed by atoms with van der Waals surface area (Å²) in [4.78, 5) is 2.25. The largest absolute Gasteiger partial charge is 0.491 e. The van der Waals surface area contributed by atoms with E-state index in [1.54, 1.807) is 0 Å². The van der Waals surface area contributed by atoms with Crippen molar-refractivity contribution in [3.05, 3.63) is 24.3 Å². The number of likely N-dealkylation sites (N-methyl/N-ethyl adjacent to an activating group) is 1. The van der Waals surface area contributed by atoms with Gasteiger partial charge < -0.3 is 20.1 Å². The lowest BCUT2D eigenvalue weighted by atomic mass is 10.3. The first kappa shape index (κ1) is 11.2. The Morgan fingerprint density at radius 2 is 2.44 bits per heavy atom. The van der Waals surface area contributed by atoms with Crippen LogP contribution in [0.25, 0.3) is 0 Å². The van der Waals surface area contributed by atoms with E-state index >= 15 is 0 Å². The lowest BCUT2D eigenvalue weighted by molar-refractivity contribution is -0.0403. The predicted octanol–water partition coefficient (Wildman–Crippen LogP) is 0.978. The molecule has 2 N–H and O–H groups in total. The topological polar surface area (TPSA) is 47.7 Å². The fourth-order valence-corrected chi connectivity index (χ4v) is 1.76. The summed E-state index contributed by atoms with van der Waals surface area (Å²) in [6.07, 6.45) is 0.153. The second-order valence-corrected chi connectivity index (χ2v) is 4.14. The van der Waals surface area contributed by atoms with Crippen molar-refractivity contribution in [2.75, 3.05) is 39.1 Å². The third-order valence-electron chi connectivity index (χ3n) is 2.64. The summed E-state index contributed by atoms with van der Waals surface area (Å²) in [5.74, 6) is 0.803. The SMILES string of the molecule is CN1CCOC(COc2cccc(N)c2)C1. The maximum Gasteiger partial charge on any atom is 0.121 e. The summed E-state index contributed by atoms with van der Waals surface area (Å²) in [5, 5.41) is 0. The molecule has 4 heteroatoms. The smallest absolute Gasteiger partial charge is 0.121 e. The summed E-state index contributed by atoms with van der Waals surface area (Å²) >= 11 is 0. The monoisotopic (exact) mass is 222 g/mol. The summed E-state index contributed by atoms with van der Waals surface area (Å²) < 4.78 is 11.2. The highest BCUT2D eigenvalue weighted by atomic mass is 16.5. The molecule has 0 aromatic heterocycles. The van der Waals surface area contributed by atoms with Gasteiger partial charge in [0, 0.05) is 24.8 Å². The van der Waals surface area contributed by atoms with Crippen LogP contribution >= 0.6 is 0 Å². The minimum Gasteiger partial charge on any atom is -0.491 e. The van der Waals surface area contributed by atoms with Crippen molar-refractivity contribution in [3.8, 4) is 5.75 Å². The normalized spacial score (nSPS) is 21.9. The van der Waals surface area contributed by atoms with E-state index in [-0.39, 0.29) is 6.10 Å². The molecular formula is C12H18N2O2. The average molecular weight is 222 g/mol. The van der Waals surface area contributed by atoms with E-state index < -0.39 is 0 Å². The number of benzene rings is 1. The fourth-order valence-electron chi connectivity index (χ4n) is 1.76. The van der Waals surface area contributed by atoms with Crippen molar-refractivity contribution in [1.29, 1.82) is 0 Å². The fraction of sp³-hybridized carbons (Fsp3) is 0.500. The van der Waals surface area contributed by atoms with Crippen LogP contribution in [-0.4, -0.2) is 44.4 Å². The summed E-state index contributed by atoms with van der Waals surface area (Å²) in [7, 11) is 2.09. The molecule has 1 saturated heterocycles. The van der Waals surface area contributed by atoms with E-state index in [1.165, 1.54) is 0 Å². The standard InChI is InChI=1S/C12H18N2O2/c1-14-5-6-15-12(8-14)9-16-11-4-2-3-10(13)7-11/h2-4,7,12H,5-6,8-9,13H2,1H3. The molecule has 1 aliphatic heterocycles. The van der Waals surface area contributed by atoms with Gasteiger partial charge in [0.2, 0.25) is 0 Å². The van der Waals surface area contributed by atoms with Gasteiger partial charge in [-0.15, -0.1) is 0 Å². The molecule has 0 amide bonds. The van der Waals surface area contributed by atoms with Crippen LogP contribution < -0.4 is 10.5 Å². The third kappa shape index (κ3) is 3.12. The highest BCUT2D eigenvalue weighted by Gasteiger charge is 2.17. The highest BCUT2D eigenvalue weighted by Crippen LogP contribution is 2.15. The van der Waals surface area contributed by atoms with Gasteiger partial charge in [-0.1, -0.05) is 6.07 Å². The van der Waals surface area contributed by atoms with Gasteiger partial charge in [0.1, 0.15) is 18.5 Å². The number of hydrogen-bond acceptors (Lipinski definition) is 4. The van der Waals surface area contributed by atoms with Gasteiger partial charge in [0.25, 0.3) is 0 Å². The molecule has 2 rings (SSSR count). The van der Waals surface area contributed by atoms with Crippen molar-refractivity contribution in [2.45, 2.75) is 6.10 Å².